The lowest BCUT2D eigenvalue weighted by atomic mass is 10.1. The Hall–Kier alpha value is -3.94. The van der Waals surface area contributed by atoms with Crippen LogP contribution in [0, 0.1) is 0 Å². The lowest BCUT2D eigenvalue weighted by Gasteiger charge is -2.10. The highest BCUT2D eigenvalue weighted by molar-refractivity contribution is 5.97. The fourth-order valence-electron chi connectivity index (χ4n) is 3.37. The number of imidazole rings is 1. The maximum absolute atomic E-state index is 12.6. The zero-order valence-corrected chi connectivity index (χ0v) is 16.5. The van der Waals surface area contributed by atoms with Crippen LogP contribution in [0.4, 0.5) is 0 Å². The molecule has 0 fully saturated rings. The van der Waals surface area contributed by atoms with Crippen LogP contribution in [-0.4, -0.2) is 25.0 Å². The molecule has 8 heteroatoms. The minimum absolute atomic E-state index is 0.255. The number of carbonyl (C=O) groups excluding carboxylic acids is 1. The van der Waals surface area contributed by atoms with Crippen LogP contribution in [0.1, 0.15) is 28.4 Å². The molecule has 0 unspecified atom stereocenters. The summed E-state index contributed by atoms with van der Waals surface area (Å²) in [6.45, 7) is 3.29. The van der Waals surface area contributed by atoms with Gasteiger partial charge in [-0.25, -0.2) is 4.98 Å². The lowest BCUT2D eigenvalue weighted by Crippen LogP contribution is -2.36. The Morgan fingerprint density at radius 1 is 1.10 bits per heavy atom. The number of amides is 1. The molecule has 0 aliphatic carbocycles. The fourth-order valence-corrected chi connectivity index (χ4v) is 3.37. The SMILES string of the molecule is CCn1c(=O)c(=O)[nH]c2cc(C(=O)NCc3ccc(Cn4ccnc4)cc3)ccc21. The van der Waals surface area contributed by atoms with Crippen molar-refractivity contribution < 1.29 is 4.79 Å². The second-order valence-corrected chi connectivity index (χ2v) is 6.97. The molecule has 4 rings (SSSR count). The normalized spacial score (nSPS) is 11.0. The number of benzene rings is 2. The Morgan fingerprint density at radius 3 is 2.57 bits per heavy atom. The van der Waals surface area contributed by atoms with Crippen LogP contribution in [0.15, 0.2) is 70.8 Å². The Balaban J connectivity index is 1.46. The summed E-state index contributed by atoms with van der Waals surface area (Å²) in [4.78, 5) is 42.9. The molecule has 152 valence electrons. The molecule has 0 radical (unpaired) electrons. The number of aromatic amines is 1. The van der Waals surface area contributed by atoms with Crippen molar-refractivity contribution in [3.8, 4) is 0 Å². The summed E-state index contributed by atoms with van der Waals surface area (Å²) in [5, 5.41) is 2.88. The highest BCUT2D eigenvalue weighted by atomic mass is 16.2. The molecule has 0 atom stereocenters. The molecule has 0 aliphatic rings. The Bertz CT molecular complexity index is 1300. The molecule has 0 spiro atoms. The third kappa shape index (κ3) is 3.93. The maximum Gasteiger partial charge on any atom is 0.316 e. The summed E-state index contributed by atoms with van der Waals surface area (Å²) < 4.78 is 3.38. The van der Waals surface area contributed by atoms with E-state index in [1.165, 1.54) is 4.57 Å². The van der Waals surface area contributed by atoms with Gasteiger partial charge in [-0.3, -0.25) is 14.4 Å². The topological polar surface area (TPSA) is 102 Å². The van der Waals surface area contributed by atoms with E-state index < -0.39 is 11.1 Å². The molecule has 2 N–H and O–H groups in total. The van der Waals surface area contributed by atoms with Gasteiger partial charge >= 0.3 is 11.1 Å². The number of hydrogen-bond acceptors (Lipinski definition) is 4. The molecule has 0 saturated heterocycles. The van der Waals surface area contributed by atoms with Gasteiger partial charge in [-0.2, -0.15) is 0 Å². The first-order chi connectivity index (χ1) is 14.5. The van der Waals surface area contributed by atoms with Gasteiger partial charge in [0.25, 0.3) is 5.91 Å². The number of nitrogens with one attached hydrogen (secondary N) is 2. The molecule has 1 amide bonds. The molecule has 0 bridgehead atoms. The van der Waals surface area contributed by atoms with E-state index in [1.807, 2.05) is 35.0 Å². The van der Waals surface area contributed by atoms with E-state index in [0.29, 0.717) is 29.7 Å². The average molecular weight is 403 g/mol. The molecule has 0 saturated carbocycles. The van der Waals surface area contributed by atoms with Crippen LogP contribution in [0.3, 0.4) is 0 Å². The molecule has 2 heterocycles. The Morgan fingerprint density at radius 2 is 1.87 bits per heavy atom. The number of aryl methyl sites for hydroxylation is 1. The number of H-pyrrole nitrogens is 1. The Kier molecular flexibility index (Phi) is 5.30. The number of rotatable bonds is 6. The van der Waals surface area contributed by atoms with Crippen LogP contribution >= 0.6 is 0 Å². The molecule has 0 aliphatic heterocycles. The number of nitrogens with zero attached hydrogens (tertiary/aromatic N) is 3. The molecular weight excluding hydrogens is 382 g/mol. The van der Waals surface area contributed by atoms with Crippen LogP contribution < -0.4 is 16.4 Å². The minimum Gasteiger partial charge on any atom is -0.348 e. The van der Waals surface area contributed by atoms with Crippen molar-refractivity contribution in [3.63, 3.8) is 0 Å². The van der Waals surface area contributed by atoms with Crippen LogP contribution in [0.25, 0.3) is 11.0 Å². The summed E-state index contributed by atoms with van der Waals surface area (Å²) in [6, 6.07) is 12.9. The highest BCUT2D eigenvalue weighted by Crippen LogP contribution is 2.12. The zero-order valence-electron chi connectivity index (χ0n) is 16.5. The van der Waals surface area contributed by atoms with Crippen molar-refractivity contribution in [1.29, 1.82) is 0 Å². The zero-order chi connectivity index (χ0) is 21.1. The predicted octanol–water partition coefficient (Wildman–Crippen LogP) is 1.88. The lowest BCUT2D eigenvalue weighted by molar-refractivity contribution is 0.0951. The number of hydrogen-bond donors (Lipinski definition) is 2. The van der Waals surface area contributed by atoms with E-state index in [1.54, 1.807) is 37.6 Å². The van der Waals surface area contributed by atoms with Crippen LogP contribution in [-0.2, 0) is 19.6 Å². The fraction of sp³-hybridized carbons (Fsp3) is 0.182. The predicted molar refractivity (Wildman–Crippen MR) is 113 cm³/mol. The van der Waals surface area contributed by atoms with Crippen LogP contribution in [0.5, 0.6) is 0 Å². The van der Waals surface area contributed by atoms with Gasteiger partial charge in [0.2, 0.25) is 0 Å². The van der Waals surface area contributed by atoms with E-state index >= 15 is 0 Å². The van der Waals surface area contributed by atoms with Gasteiger partial charge in [-0.15, -0.1) is 0 Å². The van der Waals surface area contributed by atoms with Crippen molar-refractivity contribution in [3.05, 3.63) is 98.6 Å². The quantitative estimate of drug-likeness (QED) is 0.480. The van der Waals surface area contributed by atoms with E-state index in [0.717, 1.165) is 17.7 Å². The van der Waals surface area contributed by atoms with Gasteiger partial charge in [0.15, 0.2) is 0 Å². The second-order valence-electron chi connectivity index (χ2n) is 6.97. The highest BCUT2D eigenvalue weighted by Gasteiger charge is 2.10. The van der Waals surface area contributed by atoms with Crippen molar-refractivity contribution in [2.45, 2.75) is 26.6 Å². The van der Waals surface area contributed by atoms with Crippen molar-refractivity contribution in [1.82, 2.24) is 24.4 Å². The molecule has 8 nitrogen and oxygen atoms in total. The molecule has 30 heavy (non-hydrogen) atoms. The maximum atomic E-state index is 12.6. The first kappa shape index (κ1) is 19.4. The largest absolute Gasteiger partial charge is 0.348 e. The number of fused-ring (bicyclic) bond motifs is 1. The molecule has 2 aromatic carbocycles. The molecule has 2 aromatic heterocycles. The van der Waals surface area contributed by atoms with Crippen molar-refractivity contribution in [2.24, 2.45) is 0 Å². The number of aromatic nitrogens is 4. The first-order valence-corrected chi connectivity index (χ1v) is 9.64. The average Bonchev–Trinajstić information content (AvgIpc) is 3.27. The van der Waals surface area contributed by atoms with Gasteiger partial charge < -0.3 is 19.4 Å². The van der Waals surface area contributed by atoms with Gasteiger partial charge in [0.1, 0.15) is 0 Å². The Labute approximate surface area is 171 Å². The van der Waals surface area contributed by atoms with Crippen molar-refractivity contribution >= 4 is 16.9 Å². The van der Waals surface area contributed by atoms with Gasteiger partial charge in [-0.1, -0.05) is 24.3 Å². The van der Waals surface area contributed by atoms with Crippen molar-refractivity contribution in [2.75, 3.05) is 0 Å². The summed E-state index contributed by atoms with van der Waals surface area (Å²) >= 11 is 0. The molecule has 4 aromatic rings. The third-order valence-electron chi connectivity index (χ3n) is 4.95. The summed E-state index contributed by atoms with van der Waals surface area (Å²) in [6.07, 6.45) is 5.42. The molecular formula is C22H21N5O3. The van der Waals surface area contributed by atoms with Crippen LogP contribution in [0.2, 0.25) is 0 Å². The van der Waals surface area contributed by atoms with Gasteiger partial charge in [0.05, 0.1) is 17.4 Å². The van der Waals surface area contributed by atoms with E-state index in [-0.39, 0.29) is 5.91 Å². The van der Waals surface area contributed by atoms with Gasteiger partial charge in [0, 0.05) is 37.6 Å². The van der Waals surface area contributed by atoms with E-state index in [9.17, 15) is 14.4 Å². The monoisotopic (exact) mass is 403 g/mol. The summed E-state index contributed by atoms with van der Waals surface area (Å²) in [5.41, 5.74) is 2.29. The summed E-state index contributed by atoms with van der Waals surface area (Å²) in [5.74, 6) is -0.255. The van der Waals surface area contributed by atoms with E-state index in [2.05, 4.69) is 15.3 Å². The standard InChI is InChI=1S/C22H21N5O3/c1-2-27-19-8-7-17(11-18(19)25-21(29)22(27)30)20(28)24-12-15-3-5-16(6-4-15)13-26-10-9-23-14-26/h3-11,14H,2,12-13H2,1H3,(H,24,28)(H,25,29). The second kappa shape index (κ2) is 8.20. The minimum atomic E-state index is -0.697. The third-order valence-corrected chi connectivity index (χ3v) is 4.95. The van der Waals surface area contributed by atoms with E-state index in [4.69, 9.17) is 0 Å². The first-order valence-electron chi connectivity index (χ1n) is 9.64. The summed E-state index contributed by atoms with van der Waals surface area (Å²) in [7, 11) is 0. The smallest absolute Gasteiger partial charge is 0.316 e. The number of carbonyl (C=O) groups is 1. The van der Waals surface area contributed by atoms with Gasteiger partial charge in [-0.05, 0) is 36.2 Å².